The molecule has 1 atom stereocenters. The average molecular weight is 186 g/mol. The van der Waals surface area contributed by atoms with Crippen LogP contribution in [0.25, 0.3) is 0 Å². The summed E-state index contributed by atoms with van der Waals surface area (Å²) >= 11 is 0. The maximum atomic E-state index is 5.27. The third kappa shape index (κ3) is 5.24. The first-order chi connectivity index (χ1) is 6.08. The summed E-state index contributed by atoms with van der Waals surface area (Å²) in [6, 6.07) is 0.585. The van der Waals surface area contributed by atoms with Crippen molar-refractivity contribution in [2.24, 2.45) is 0 Å². The third-order valence-corrected chi connectivity index (χ3v) is 2.14. The first-order valence-corrected chi connectivity index (χ1v) is 5.14. The maximum Gasteiger partial charge on any atom is 0.0620 e. The molecular formula is C10H22N2O. The molecule has 1 fully saturated rings. The van der Waals surface area contributed by atoms with E-state index in [9.17, 15) is 0 Å². The van der Waals surface area contributed by atoms with E-state index in [0.29, 0.717) is 6.04 Å². The van der Waals surface area contributed by atoms with Gasteiger partial charge >= 0.3 is 0 Å². The van der Waals surface area contributed by atoms with Crippen molar-refractivity contribution in [3.8, 4) is 0 Å². The predicted octanol–water partition coefficient (Wildman–Crippen LogP) is 0.753. The molecule has 0 aromatic heterocycles. The zero-order valence-electron chi connectivity index (χ0n) is 9.02. The van der Waals surface area contributed by atoms with Gasteiger partial charge in [-0.3, -0.25) is 0 Å². The highest BCUT2D eigenvalue weighted by Gasteiger charge is 2.14. The van der Waals surface area contributed by atoms with Gasteiger partial charge in [-0.05, 0) is 27.2 Å². The molecule has 1 rings (SSSR count). The minimum Gasteiger partial charge on any atom is -0.380 e. The number of nitrogens with one attached hydrogen (secondary N) is 2. The van der Waals surface area contributed by atoms with Gasteiger partial charge in [-0.15, -0.1) is 0 Å². The SMILES string of the molecule is CC(C)(C)NCCNC1CCOC1. The molecule has 0 amide bonds. The zero-order valence-corrected chi connectivity index (χ0v) is 9.02. The van der Waals surface area contributed by atoms with E-state index in [2.05, 4.69) is 31.4 Å². The van der Waals surface area contributed by atoms with E-state index in [-0.39, 0.29) is 5.54 Å². The summed E-state index contributed by atoms with van der Waals surface area (Å²) in [5.74, 6) is 0. The second-order valence-electron chi connectivity index (χ2n) is 4.69. The van der Waals surface area contributed by atoms with Crippen LogP contribution in [0.15, 0.2) is 0 Å². The lowest BCUT2D eigenvalue weighted by Crippen LogP contribution is -2.42. The number of hydrogen-bond acceptors (Lipinski definition) is 3. The highest BCUT2D eigenvalue weighted by molar-refractivity contribution is 4.74. The van der Waals surface area contributed by atoms with Crippen LogP contribution >= 0.6 is 0 Å². The predicted molar refractivity (Wildman–Crippen MR) is 55.0 cm³/mol. The third-order valence-electron chi connectivity index (χ3n) is 2.14. The molecule has 0 radical (unpaired) electrons. The number of hydrogen-bond donors (Lipinski definition) is 2. The summed E-state index contributed by atoms with van der Waals surface area (Å²) in [4.78, 5) is 0. The number of rotatable bonds is 4. The molecule has 0 aliphatic carbocycles. The van der Waals surface area contributed by atoms with Crippen molar-refractivity contribution in [2.45, 2.75) is 38.8 Å². The molecule has 0 aromatic rings. The molecule has 0 bridgehead atoms. The van der Waals surface area contributed by atoms with Crippen LogP contribution in [0.3, 0.4) is 0 Å². The van der Waals surface area contributed by atoms with E-state index >= 15 is 0 Å². The first-order valence-electron chi connectivity index (χ1n) is 5.14. The first kappa shape index (κ1) is 11.0. The molecule has 3 heteroatoms. The van der Waals surface area contributed by atoms with Crippen molar-refractivity contribution in [3.05, 3.63) is 0 Å². The Morgan fingerprint density at radius 2 is 2.08 bits per heavy atom. The fourth-order valence-electron chi connectivity index (χ4n) is 1.41. The molecule has 1 aliphatic rings. The van der Waals surface area contributed by atoms with Crippen LogP contribution < -0.4 is 10.6 Å². The second kappa shape index (κ2) is 4.94. The lowest BCUT2D eigenvalue weighted by Gasteiger charge is -2.21. The fraction of sp³-hybridized carbons (Fsp3) is 1.00. The zero-order chi connectivity index (χ0) is 9.73. The summed E-state index contributed by atoms with van der Waals surface area (Å²) in [6.45, 7) is 10.4. The van der Waals surface area contributed by atoms with Crippen LogP contribution in [0, 0.1) is 0 Å². The van der Waals surface area contributed by atoms with E-state index in [0.717, 1.165) is 32.7 Å². The summed E-state index contributed by atoms with van der Waals surface area (Å²) in [7, 11) is 0. The van der Waals surface area contributed by atoms with E-state index in [1.165, 1.54) is 0 Å². The van der Waals surface area contributed by atoms with Crippen LogP contribution in [0.5, 0.6) is 0 Å². The molecule has 1 unspecified atom stereocenters. The van der Waals surface area contributed by atoms with Gasteiger partial charge in [0.15, 0.2) is 0 Å². The minimum atomic E-state index is 0.230. The topological polar surface area (TPSA) is 33.3 Å². The van der Waals surface area contributed by atoms with Gasteiger partial charge in [0.25, 0.3) is 0 Å². The molecule has 13 heavy (non-hydrogen) atoms. The van der Waals surface area contributed by atoms with Crippen molar-refractivity contribution in [1.82, 2.24) is 10.6 Å². The smallest absolute Gasteiger partial charge is 0.0620 e. The summed E-state index contributed by atoms with van der Waals surface area (Å²) in [6.07, 6.45) is 1.16. The standard InChI is InChI=1S/C10H22N2O/c1-10(2,3)12-6-5-11-9-4-7-13-8-9/h9,11-12H,4-8H2,1-3H3. The van der Waals surface area contributed by atoms with Gasteiger partial charge in [0.05, 0.1) is 6.61 Å². The average Bonchev–Trinajstić information content (AvgIpc) is 2.48. The van der Waals surface area contributed by atoms with Gasteiger partial charge in [-0.2, -0.15) is 0 Å². The molecule has 0 spiro atoms. The van der Waals surface area contributed by atoms with Crippen LogP contribution in [-0.2, 0) is 4.74 Å². The van der Waals surface area contributed by atoms with Gasteiger partial charge in [-0.1, -0.05) is 0 Å². The van der Waals surface area contributed by atoms with E-state index in [4.69, 9.17) is 4.74 Å². The Balaban J connectivity index is 1.94. The van der Waals surface area contributed by atoms with E-state index in [1.807, 2.05) is 0 Å². The maximum absolute atomic E-state index is 5.27. The van der Waals surface area contributed by atoms with Crippen molar-refractivity contribution in [2.75, 3.05) is 26.3 Å². The molecule has 1 saturated heterocycles. The largest absolute Gasteiger partial charge is 0.380 e. The van der Waals surface area contributed by atoms with E-state index in [1.54, 1.807) is 0 Å². The highest BCUT2D eigenvalue weighted by Crippen LogP contribution is 2.02. The quantitative estimate of drug-likeness (QED) is 0.636. The molecule has 3 nitrogen and oxygen atoms in total. The molecule has 0 saturated carbocycles. The fourth-order valence-corrected chi connectivity index (χ4v) is 1.41. The van der Waals surface area contributed by atoms with Crippen molar-refractivity contribution < 1.29 is 4.74 Å². The lowest BCUT2D eigenvalue weighted by molar-refractivity contribution is 0.190. The van der Waals surface area contributed by atoms with Crippen LogP contribution in [-0.4, -0.2) is 37.9 Å². The Labute approximate surface area is 81.2 Å². The molecule has 0 aromatic carbocycles. The minimum absolute atomic E-state index is 0.230. The summed E-state index contributed by atoms with van der Waals surface area (Å²) in [5.41, 5.74) is 0.230. The van der Waals surface area contributed by atoms with Crippen LogP contribution in [0.2, 0.25) is 0 Å². The molecular weight excluding hydrogens is 164 g/mol. The van der Waals surface area contributed by atoms with Gasteiger partial charge in [0.1, 0.15) is 0 Å². The lowest BCUT2D eigenvalue weighted by atomic mass is 10.1. The Morgan fingerprint density at radius 1 is 1.31 bits per heavy atom. The highest BCUT2D eigenvalue weighted by atomic mass is 16.5. The normalized spacial score (nSPS) is 23.8. The van der Waals surface area contributed by atoms with Crippen LogP contribution in [0.4, 0.5) is 0 Å². The van der Waals surface area contributed by atoms with Crippen molar-refractivity contribution >= 4 is 0 Å². The van der Waals surface area contributed by atoms with Gasteiger partial charge in [0.2, 0.25) is 0 Å². The Hall–Kier alpha value is -0.120. The number of ether oxygens (including phenoxy) is 1. The summed E-state index contributed by atoms with van der Waals surface area (Å²) in [5, 5.41) is 6.91. The monoisotopic (exact) mass is 186 g/mol. The molecule has 1 heterocycles. The molecule has 1 aliphatic heterocycles. The van der Waals surface area contributed by atoms with Gasteiger partial charge in [-0.25, -0.2) is 0 Å². The molecule has 2 N–H and O–H groups in total. The van der Waals surface area contributed by atoms with Crippen LogP contribution in [0.1, 0.15) is 27.2 Å². The van der Waals surface area contributed by atoms with Crippen molar-refractivity contribution in [1.29, 1.82) is 0 Å². The molecule has 78 valence electrons. The van der Waals surface area contributed by atoms with E-state index < -0.39 is 0 Å². The Kier molecular flexibility index (Phi) is 4.16. The second-order valence-corrected chi connectivity index (χ2v) is 4.69. The van der Waals surface area contributed by atoms with Gasteiger partial charge in [0, 0.05) is 31.3 Å². The summed E-state index contributed by atoms with van der Waals surface area (Å²) < 4.78 is 5.27. The van der Waals surface area contributed by atoms with Gasteiger partial charge < -0.3 is 15.4 Å². The Morgan fingerprint density at radius 3 is 2.62 bits per heavy atom. The Bertz CT molecular complexity index is 136. The van der Waals surface area contributed by atoms with Crippen molar-refractivity contribution in [3.63, 3.8) is 0 Å².